The van der Waals surface area contributed by atoms with Crippen molar-refractivity contribution < 1.29 is 24.2 Å². The van der Waals surface area contributed by atoms with Gasteiger partial charge in [0.05, 0.1) is 26.3 Å². The molecule has 7 nitrogen and oxygen atoms in total. The zero-order valence-electron chi connectivity index (χ0n) is 13.6. The lowest BCUT2D eigenvalue weighted by Crippen LogP contribution is -2.45. The van der Waals surface area contributed by atoms with E-state index in [4.69, 9.17) is 9.47 Å². The average Bonchev–Trinajstić information content (AvgIpc) is 3.26. The van der Waals surface area contributed by atoms with Crippen LogP contribution >= 0.6 is 15.9 Å². The van der Waals surface area contributed by atoms with Crippen molar-refractivity contribution in [2.24, 2.45) is 0 Å². The smallest absolute Gasteiger partial charge is 0.326 e. The van der Waals surface area contributed by atoms with Gasteiger partial charge in [-0.15, -0.1) is 0 Å². The Labute approximate surface area is 153 Å². The summed E-state index contributed by atoms with van der Waals surface area (Å²) in [4.78, 5) is 27.8. The molecule has 1 atom stereocenters. The van der Waals surface area contributed by atoms with Gasteiger partial charge in [0.2, 0.25) is 5.91 Å². The van der Waals surface area contributed by atoms with E-state index in [9.17, 15) is 14.7 Å². The molecule has 0 bridgehead atoms. The van der Waals surface area contributed by atoms with Gasteiger partial charge in [-0.25, -0.2) is 4.79 Å². The van der Waals surface area contributed by atoms with E-state index in [-0.39, 0.29) is 25.4 Å². The largest absolute Gasteiger partial charge is 0.480 e. The molecule has 25 heavy (non-hydrogen) atoms. The highest BCUT2D eigenvalue weighted by atomic mass is 79.9. The Hall–Kier alpha value is -1.48. The molecule has 0 aromatic heterocycles. The summed E-state index contributed by atoms with van der Waals surface area (Å²) in [6.07, 6.45) is 0.182. The fourth-order valence-corrected chi connectivity index (χ4v) is 4.26. The maximum atomic E-state index is 12.8. The van der Waals surface area contributed by atoms with Gasteiger partial charge in [-0.05, 0) is 23.3 Å². The summed E-state index contributed by atoms with van der Waals surface area (Å²) in [5.41, 5.74) is 2.39. The van der Waals surface area contributed by atoms with Crippen molar-refractivity contribution in [2.75, 3.05) is 26.3 Å². The molecule has 1 amide bonds. The van der Waals surface area contributed by atoms with Crippen LogP contribution in [0.2, 0.25) is 0 Å². The van der Waals surface area contributed by atoms with Gasteiger partial charge in [0.1, 0.15) is 6.04 Å². The van der Waals surface area contributed by atoms with Gasteiger partial charge < -0.3 is 19.5 Å². The molecule has 3 aliphatic rings. The number of carbonyl (C=O) groups excluding carboxylic acids is 1. The second kappa shape index (κ2) is 6.35. The first-order chi connectivity index (χ1) is 12.0. The lowest BCUT2D eigenvalue weighted by molar-refractivity contribution is -0.152. The number of hydrogen-bond donors (Lipinski definition) is 1. The summed E-state index contributed by atoms with van der Waals surface area (Å²) < 4.78 is 12.2. The van der Waals surface area contributed by atoms with Crippen molar-refractivity contribution in [3.63, 3.8) is 0 Å². The van der Waals surface area contributed by atoms with E-state index >= 15 is 0 Å². The molecule has 1 aromatic rings. The number of rotatable bonds is 3. The van der Waals surface area contributed by atoms with Crippen LogP contribution in [-0.2, 0) is 32.2 Å². The van der Waals surface area contributed by atoms with Gasteiger partial charge in [-0.2, -0.15) is 0 Å². The van der Waals surface area contributed by atoms with Crippen molar-refractivity contribution >= 4 is 27.8 Å². The second-order valence-corrected chi connectivity index (χ2v) is 7.66. The zero-order chi connectivity index (χ0) is 17.6. The number of halogens is 1. The highest BCUT2D eigenvalue weighted by molar-refractivity contribution is 9.10. The first-order valence-electron chi connectivity index (χ1n) is 8.26. The topological polar surface area (TPSA) is 79.3 Å². The van der Waals surface area contributed by atoms with Crippen LogP contribution in [0.4, 0.5) is 0 Å². The summed E-state index contributed by atoms with van der Waals surface area (Å²) in [5.74, 6) is -2.16. The number of carboxylic acid groups (broad SMARTS) is 1. The quantitative estimate of drug-likeness (QED) is 0.806. The lowest BCUT2D eigenvalue weighted by Gasteiger charge is -2.25. The molecule has 8 heteroatoms. The third-order valence-corrected chi connectivity index (χ3v) is 5.52. The van der Waals surface area contributed by atoms with Crippen LogP contribution in [0.5, 0.6) is 0 Å². The highest BCUT2D eigenvalue weighted by Gasteiger charge is 2.52. The SMILES string of the molecule is O=C(O)[C@@H]1CC2(CN1C(=O)CN1Cc3ccc(Br)cc3C1)OCCO2. The average molecular weight is 411 g/mol. The van der Waals surface area contributed by atoms with Crippen LogP contribution in [0, 0.1) is 0 Å². The standard InChI is InChI=1S/C17H19BrN2O5/c18-13-2-1-11-7-19(8-12(11)5-13)9-15(21)20-10-17(24-3-4-25-17)6-14(20)16(22)23/h1-2,5,14H,3-4,6-10H2,(H,22,23)/t14-/m0/s1. The normalized spacial score (nSPS) is 24.8. The number of benzene rings is 1. The number of carboxylic acids is 1. The maximum absolute atomic E-state index is 12.8. The van der Waals surface area contributed by atoms with Gasteiger partial charge in [-0.3, -0.25) is 9.69 Å². The fraction of sp³-hybridized carbons (Fsp3) is 0.529. The van der Waals surface area contributed by atoms with E-state index in [0.717, 1.165) is 4.47 Å². The van der Waals surface area contributed by atoms with Crippen molar-refractivity contribution in [1.29, 1.82) is 0 Å². The van der Waals surface area contributed by atoms with Gasteiger partial charge in [0, 0.05) is 24.0 Å². The number of likely N-dealkylation sites (tertiary alicyclic amines) is 1. The molecule has 1 spiro atoms. The Kier molecular flexibility index (Phi) is 4.31. The molecule has 0 aliphatic carbocycles. The molecule has 0 unspecified atom stereocenters. The first kappa shape index (κ1) is 17.0. The minimum Gasteiger partial charge on any atom is -0.480 e. The third-order valence-electron chi connectivity index (χ3n) is 5.03. The number of fused-ring (bicyclic) bond motifs is 1. The van der Waals surface area contributed by atoms with Crippen molar-refractivity contribution in [3.05, 3.63) is 33.8 Å². The molecule has 2 saturated heterocycles. The highest BCUT2D eigenvalue weighted by Crippen LogP contribution is 2.35. The van der Waals surface area contributed by atoms with E-state index in [1.54, 1.807) is 0 Å². The molecule has 134 valence electrons. The molecule has 1 aromatic carbocycles. The Morgan fingerprint density at radius 2 is 1.96 bits per heavy atom. The molecule has 3 aliphatic heterocycles. The summed E-state index contributed by atoms with van der Waals surface area (Å²) in [5, 5.41) is 9.49. The van der Waals surface area contributed by atoms with E-state index in [1.165, 1.54) is 16.0 Å². The molecular weight excluding hydrogens is 392 g/mol. The molecule has 0 radical (unpaired) electrons. The number of hydrogen-bond acceptors (Lipinski definition) is 5. The molecule has 2 fully saturated rings. The zero-order valence-corrected chi connectivity index (χ0v) is 15.2. The van der Waals surface area contributed by atoms with Crippen LogP contribution in [0.25, 0.3) is 0 Å². The number of ether oxygens (including phenoxy) is 2. The minimum atomic E-state index is -1.02. The van der Waals surface area contributed by atoms with E-state index in [1.807, 2.05) is 11.0 Å². The van der Waals surface area contributed by atoms with Gasteiger partial charge in [0.15, 0.2) is 5.79 Å². The van der Waals surface area contributed by atoms with E-state index in [2.05, 4.69) is 28.1 Å². The van der Waals surface area contributed by atoms with Crippen LogP contribution in [-0.4, -0.2) is 64.9 Å². The molecule has 3 heterocycles. The van der Waals surface area contributed by atoms with Crippen LogP contribution < -0.4 is 0 Å². The van der Waals surface area contributed by atoms with E-state index in [0.29, 0.717) is 26.3 Å². The van der Waals surface area contributed by atoms with Crippen LogP contribution in [0.15, 0.2) is 22.7 Å². The Morgan fingerprint density at radius 1 is 1.24 bits per heavy atom. The number of aliphatic carboxylic acids is 1. The molecule has 0 saturated carbocycles. The summed E-state index contributed by atoms with van der Waals surface area (Å²) >= 11 is 3.46. The number of nitrogens with zero attached hydrogens (tertiary/aromatic N) is 2. The number of carbonyl (C=O) groups is 2. The molecule has 4 rings (SSSR count). The third kappa shape index (κ3) is 3.19. The minimum absolute atomic E-state index is 0.176. The summed E-state index contributed by atoms with van der Waals surface area (Å²) in [6.45, 7) is 2.61. The lowest BCUT2D eigenvalue weighted by atomic mass is 10.1. The predicted octanol–water partition coefficient (Wildman–Crippen LogP) is 1.19. The summed E-state index contributed by atoms with van der Waals surface area (Å²) in [6, 6.07) is 5.20. The van der Waals surface area contributed by atoms with E-state index < -0.39 is 17.8 Å². The monoisotopic (exact) mass is 410 g/mol. The van der Waals surface area contributed by atoms with Gasteiger partial charge in [-0.1, -0.05) is 22.0 Å². The van der Waals surface area contributed by atoms with Crippen molar-refractivity contribution in [2.45, 2.75) is 31.3 Å². The maximum Gasteiger partial charge on any atom is 0.326 e. The van der Waals surface area contributed by atoms with Crippen molar-refractivity contribution in [3.8, 4) is 0 Å². The molecular formula is C17H19BrN2O5. The summed E-state index contributed by atoms with van der Waals surface area (Å²) in [7, 11) is 0. The van der Waals surface area contributed by atoms with Crippen molar-refractivity contribution in [1.82, 2.24) is 9.80 Å². The Bertz CT molecular complexity index is 719. The Balaban J connectivity index is 1.44. The Morgan fingerprint density at radius 3 is 2.68 bits per heavy atom. The predicted molar refractivity (Wildman–Crippen MR) is 90.6 cm³/mol. The van der Waals surface area contributed by atoms with Crippen LogP contribution in [0.3, 0.4) is 0 Å². The molecule has 1 N–H and O–H groups in total. The number of amides is 1. The van der Waals surface area contributed by atoms with Gasteiger partial charge in [0.25, 0.3) is 0 Å². The first-order valence-corrected chi connectivity index (χ1v) is 9.05. The van der Waals surface area contributed by atoms with Crippen LogP contribution in [0.1, 0.15) is 17.5 Å². The second-order valence-electron chi connectivity index (χ2n) is 6.75. The van der Waals surface area contributed by atoms with Gasteiger partial charge >= 0.3 is 5.97 Å². The fourth-order valence-electron chi connectivity index (χ4n) is 3.86.